The second kappa shape index (κ2) is 5.22. The fourth-order valence-electron chi connectivity index (χ4n) is 2.36. The van der Waals surface area contributed by atoms with E-state index < -0.39 is 0 Å². The zero-order chi connectivity index (χ0) is 14.8. The van der Waals surface area contributed by atoms with E-state index in [2.05, 4.69) is 4.98 Å². The van der Waals surface area contributed by atoms with Crippen LogP contribution in [0.15, 0.2) is 48.5 Å². The summed E-state index contributed by atoms with van der Waals surface area (Å²) < 4.78 is 1.91. The summed E-state index contributed by atoms with van der Waals surface area (Å²) in [5.41, 5.74) is 3.00. The van der Waals surface area contributed by atoms with Crippen LogP contribution in [0.2, 0.25) is 0 Å². The molecule has 3 aromatic rings. The SMILES string of the molecule is Cc1nc2ccccc2n1CC(=O)c1ccc(C#N)cc1. The van der Waals surface area contributed by atoms with Crippen molar-refractivity contribution < 1.29 is 4.79 Å². The second-order valence-electron chi connectivity index (χ2n) is 4.85. The van der Waals surface area contributed by atoms with Crippen molar-refractivity contribution in [2.75, 3.05) is 0 Å². The number of hydrogen-bond donors (Lipinski definition) is 0. The zero-order valence-corrected chi connectivity index (χ0v) is 11.6. The molecule has 0 radical (unpaired) electrons. The van der Waals surface area contributed by atoms with Crippen LogP contribution in [0.1, 0.15) is 21.7 Å². The average molecular weight is 275 g/mol. The first-order valence-corrected chi connectivity index (χ1v) is 6.64. The van der Waals surface area contributed by atoms with Gasteiger partial charge in [0.05, 0.1) is 29.2 Å². The number of rotatable bonds is 3. The van der Waals surface area contributed by atoms with Crippen molar-refractivity contribution in [3.05, 3.63) is 65.5 Å². The van der Waals surface area contributed by atoms with Gasteiger partial charge in [-0.3, -0.25) is 4.79 Å². The number of hydrogen-bond acceptors (Lipinski definition) is 3. The van der Waals surface area contributed by atoms with Crippen LogP contribution in [-0.4, -0.2) is 15.3 Å². The molecule has 0 atom stereocenters. The Hall–Kier alpha value is -2.93. The summed E-state index contributed by atoms with van der Waals surface area (Å²) in [7, 11) is 0. The first kappa shape index (κ1) is 13.1. The molecule has 4 nitrogen and oxygen atoms in total. The lowest BCUT2D eigenvalue weighted by Crippen LogP contribution is -2.11. The molecule has 2 aromatic carbocycles. The van der Waals surface area contributed by atoms with E-state index in [1.165, 1.54) is 0 Å². The number of aryl methyl sites for hydroxylation is 1. The zero-order valence-electron chi connectivity index (χ0n) is 11.6. The summed E-state index contributed by atoms with van der Waals surface area (Å²) in [5, 5.41) is 8.78. The van der Waals surface area contributed by atoms with Gasteiger partial charge < -0.3 is 4.57 Å². The number of Topliss-reactive ketones (excluding diaryl/α,β-unsaturated/α-hetero) is 1. The van der Waals surface area contributed by atoms with Gasteiger partial charge in [-0.1, -0.05) is 24.3 Å². The van der Waals surface area contributed by atoms with Crippen molar-refractivity contribution in [3.63, 3.8) is 0 Å². The van der Waals surface area contributed by atoms with Gasteiger partial charge in [0.1, 0.15) is 5.82 Å². The fourth-order valence-corrected chi connectivity index (χ4v) is 2.36. The minimum absolute atomic E-state index is 0.00532. The summed E-state index contributed by atoms with van der Waals surface area (Å²) in [6.07, 6.45) is 0. The number of carbonyl (C=O) groups excluding carboxylic acids is 1. The number of nitriles is 1. The molecule has 0 saturated carbocycles. The Morgan fingerprint density at radius 3 is 2.62 bits per heavy atom. The van der Waals surface area contributed by atoms with Crippen LogP contribution in [0.5, 0.6) is 0 Å². The van der Waals surface area contributed by atoms with E-state index in [4.69, 9.17) is 5.26 Å². The molecule has 21 heavy (non-hydrogen) atoms. The molecular weight excluding hydrogens is 262 g/mol. The summed E-state index contributed by atoms with van der Waals surface area (Å²) in [4.78, 5) is 16.8. The van der Waals surface area contributed by atoms with E-state index in [0.717, 1.165) is 16.9 Å². The Bertz CT molecular complexity index is 854. The van der Waals surface area contributed by atoms with Crippen molar-refractivity contribution in [3.8, 4) is 6.07 Å². The molecule has 0 aliphatic rings. The lowest BCUT2D eigenvalue weighted by molar-refractivity contribution is 0.0972. The third kappa shape index (κ3) is 2.41. The van der Waals surface area contributed by atoms with Gasteiger partial charge in [0, 0.05) is 5.56 Å². The molecule has 0 aliphatic heterocycles. The first-order chi connectivity index (χ1) is 10.2. The number of carbonyl (C=O) groups is 1. The highest BCUT2D eigenvalue weighted by Gasteiger charge is 2.12. The fraction of sp³-hybridized carbons (Fsp3) is 0.118. The number of ketones is 1. The molecule has 0 bridgehead atoms. The Balaban J connectivity index is 1.92. The molecular formula is C17H13N3O. The van der Waals surface area contributed by atoms with E-state index in [1.807, 2.05) is 41.8 Å². The topological polar surface area (TPSA) is 58.7 Å². The number of fused-ring (bicyclic) bond motifs is 1. The van der Waals surface area contributed by atoms with Gasteiger partial charge in [0.25, 0.3) is 0 Å². The van der Waals surface area contributed by atoms with Crippen molar-refractivity contribution in [1.82, 2.24) is 9.55 Å². The molecule has 0 aliphatic carbocycles. The Labute approximate surface area is 122 Å². The summed E-state index contributed by atoms with van der Waals surface area (Å²) in [5.74, 6) is 0.823. The summed E-state index contributed by atoms with van der Waals surface area (Å²) in [6, 6.07) is 16.5. The monoisotopic (exact) mass is 275 g/mol. The second-order valence-corrected chi connectivity index (χ2v) is 4.85. The molecule has 0 fully saturated rings. The van der Waals surface area contributed by atoms with Crippen LogP contribution in [0.25, 0.3) is 11.0 Å². The van der Waals surface area contributed by atoms with E-state index in [0.29, 0.717) is 11.1 Å². The predicted molar refractivity (Wildman–Crippen MR) is 80.0 cm³/mol. The molecule has 4 heteroatoms. The minimum Gasteiger partial charge on any atom is -0.320 e. The van der Waals surface area contributed by atoms with Crippen LogP contribution < -0.4 is 0 Å². The van der Waals surface area contributed by atoms with E-state index >= 15 is 0 Å². The maximum atomic E-state index is 12.4. The standard InChI is InChI=1S/C17H13N3O/c1-12-19-15-4-2-3-5-16(15)20(12)11-17(21)14-8-6-13(10-18)7-9-14/h2-9H,11H2,1H3. The van der Waals surface area contributed by atoms with Gasteiger partial charge in [-0.15, -0.1) is 0 Å². The summed E-state index contributed by atoms with van der Waals surface area (Å²) >= 11 is 0. The highest BCUT2D eigenvalue weighted by Crippen LogP contribution is 2.16. The number of para-hydroxylation sites is 2. The number of benzene rings is 2. The van der Waals surface area contributed by atoms with Gasteiger partial charge in [-0.2, -0.15) is 5.26 Å². The molecule has 0 N–H and O–H groups in total. The van der Waals surface area contributed by atoms with Crippen LogP contribution >= 0.6 is 0 Å². The number of nitrogens with zero attached hydrogens (tertiary/aromatic N) is 3. The normalized spacial score (nSPS) is 10.5. The smallest absolute Gasteiger partial charge is 0.182 e. The molecule has 0 unspecified atom stereocenters. The maximum Gasteiger partial charge on any atom is 0.182 e. The van der Waals surface area contributed by atoms with Crippen LogP contribution in [0.4, 0.5) is 0 Å². The van der Waals surface area contributed by atoms with Crippen LogP contribution in [-0.2, 0) is 6.54 Å². The molecule has 1 aromatic heterocycles. The molecule has 0 amide bonds. The maximum absolute atomic E-state index is 12.4. The predicted octanol–water partition coefficient (Wildman–Crippen LogP) is 3.10. The first-order valence-electron chi connectivity index (χ1n) is 6.64. The average Bonchev–Trinajstić information content (AvgIpc) is 2.83. The van der Waals surface area contributed by atoms with Crippen molar-refractivity contribution in [2.45, 2.75) is 13.5 Å². The van der Waals surface area contributed by atoms with Crippen LogP contribution in [0.3, 0.4) is 0 Å². The molecule has 0 saturated heterocycles. The van der Waals surface area contributed by atoms with Gasteiger partial charge in [0.15, 0.2) is 5.78 Å². The highest BCUT2D eigenvalue weighted by atomic mass is 16.1. The van der Waals surface area contributed by atoms with Gasteiger partial charge in [-0.25, -0.2) is 4.98 Å². The molecule has 0 spiro atoms. The van der Waals surface area contributed by atoms with E-state index in [9.17, 15) is 4.79 Å². The highest BCUT2D eigenvalue weighted by molar-refractivity contribution is 5.96. The lowest BCUT2D eigenvalue weighted by atomic mass is 10.1. The van der Waals surface area contributed by atoms with Gasteiger partial charge in [-0.05, 0) is 31.2 Å². The third-order valence-electron chi connectivity index (χ3n) is 3.48. The summed E-state index contributed by atoms with van der Waals surface area (Å²) in [6.45, 7) is 2.14. The van der Waals surface area contributed by atoms with Crippen molar-refractivity contribution in [2.24, 2.45) is 0 Å². The molecule has 1 heterocycles. The Morgan fingerprint density at radius 1 is 1.19 bits per heavy atom. The van der Waals surface area contributed by atoms with Crippen molar-refractivity contribution in [1.29, 1.82) is 5.26 Å². The quantitative estimate of drug-likeness (QED) is 0.690. The number of imidazole rings is 1. The minimum atomic E-state index is 0.00532. The van der Waals surface area contributed by atoms with Gasteiger partial charge in [0.2, 0.25) is 0 Å². The Kier molecular flexibility index (Phi) is 3.25. The van der Waals surface area contributed by atoms with E-state index in [1.54, 1.807) is 24.3 Å². The third-order valence-corrected chi connectivity index (χ3v) is 3.48. The Morgan fingerprint density at radius 2 is 1.90 bits per heavy atom. The van der Waals surface area contributed by atoms with Gasteiger partial charge >= 0.3 is 0 Å². The lowest BCUT2D eigenvalue weighted by Gasteiger charge is -2.06. The molecule has 102 valence electrons. The van der Waals surface area contributed by atoms with Crippen molar-refractivity contribution >= 4 is 16.8 Å². The molecule has 3 rings (SSSR count). The number of aromatic nitrogens is 2. The van der Waals surface area contributed by atoms with E-state index in [-0.39, 0.29) is 12.3 Å². The largest absolute Gasteiger partial charge is 0.320 e. The van der Waals surface area contributed by atoms with Crippen LogP contribution in [0, 0.1) is 18.3 Å².